The SMILES string of the molecule is CC(C)NC(=O)N(c1ccccc1CCN1CCN(c2nsc3ccccc23)CC1)C(C)C. The van der Waals surface area contributed by atoms with Gasteiger partial charge in [-0.05, 0) is 69.4 Å². The number of rotatable bonds is 7. The van der Waals surface area contributed by atoms with E-state index in [2.05, 4.69) is 71.4 Å². The van der Waals surface area contributed by atoms with Crippen LogP contribution in [0.3, 0.4) is 0 Å². The minimum atomic E-state index is -0.0310. The van der Waals surface area contributed by atoms with E-state index in [1.54, 1.807) is 11.5 Å². The van der Waals surface area contributed by atoms with Crippen molar-refractivity contribution in [1.82, 2.24) is 14.6 Å². The van der Waals surface area contributed by atoms with Gasteiger partial charge in [-0.15, -0.1) is 0 Å². The highest BCUT2D eigenvalue weighted by molar-refractivity contribution is 7.13. The standard InChI is InChI=1S/C26H35N5OS/c1-19(2)27-26(32)31(20(3)4)23-11-7-5-9-21(23)13-14-29-15-17-30(18-16-29)25-22-10-6-8-12-24(22)33-28-25/h5-12,19-20H,13-18H2,1-4H3,(H,27,32). The molecule has 1 fully saturated rings. The van der Waals surface area contributed by atoms with E-state index in [4.69, 9.17) is 4.37 Å². The average Bonchev–Trinajstić information content (AvgIpc) is 3.22. The number of nitrogens with zero attached hydrogens (tertiary/aromatic N) is 4. The lowest BCUT2D eigenvalue weighted by Gasteiger charge is -2.35. The molecule has 0 spiro atoms. The quantitative estimate of drug-likeness (QED) is 0.534. The maximum atomic E-state index is 12.9. The van der Waals surface area contributed by atoms with E-state index in [9.17, 15) is 4.79 Å². The molecule has 1 aliphatic heterocycles. The first kappa shape index (κ1) is 23.5. The summed E-state index contributed by atoms with van der Waals surface area (Å²) in [5.74, 6) is 1.13. The molecule has 6 nitrogen and oxygen atoms in total. The Hall–Kier alpha value is -2.64. The van der Waals surface area contributed by atoms with Crippen molar-refractivity contribution in [3.63, 3.8) is 0 Å². The molecule has 1 N–H and O–H groups in total. The number of amides is 2. The fourth-order valence-electron chi connectivity index (χ4n) is 4.46. The molecule has 0 unspecified atom stereocenters. The number of benzene rings is 2. The molecular weight excluding hydrogens is 430 g/mol. The summed E-state index contributed by atoms with van der Waals surface area (Å²) in [6.45, 7) is 13.1. The van der Waals surface area contributed by atoms with E-state index in [0.717, 1.165) is 50.6 Å². The lowest BCUT2D eigenvalue weighted by Crippen LogP contribution is -2.48. The van der Waals surface area contributed by atoms with Gasteiger partial charge in [0, 0.05) is 55.9 Å². The third-order valence-electron chi connectivity index (χ3n) is 6.13. The van der Waals surface area contributed by atoms with Crippen molar-refractivity contribution >= 4 is 39.2 Å². The van der Waals surface area contributed by atoms with E-state index in [1.807, 2.05) is 24.8 Å². The van der Waals surface area contributed by atoms with E-state index in [0.29, 0.717) is 0 Å². The van der Waals surface area contributed by atoms with Gasteiger partial charge >= 0.3 is 6.03 Å². The van der Waals surface area contributed by atoms with Crippen LogP contribution in [0.4, 0.5) is 16.3 Å². The van der Waals surface area contributed by atoms with Crippen molar-refractivity contribution in [1.29, 1.82) is 0 Å². The molecule has 0 bridgehead atoms. The highest BCUT2D eigenvalue weighted by atomic mass is 32.1. The molecule has 0 radical (unpaired) electrons. The van der Waals surface area contributed by atoms with E-state index in [1.165, 1.54) is 15.6 Å². The highest BCUT2D eigenvalue weighted by Crippen LogP contribution is 2.30. The van der Waals surface area contributed by atoms with Crippen LogP contribution in [0.1, 0.15) is 33.3 Å². The second kappa shape index (κ2) is 10.5. The molecule has 0 atom stereocenters. The van der Waals surface area contributed by atoms with Gasteiger partial charge in [0.1, 0.15) is 5.82 Å². The zero-order chi connectivity index (χ0) is 23.4. The number of nitrogens with one attached hydrogen (secondary N) is 1. The Morgan fingerprint density at radius 1 is 1.03 bits per heavy atom. The molecule has 176 valence electrons. The van der Waals surface area contributed by atoms with Crippen molar-refractivity contribution in [2.75, 3.05) is 42.5 Å². The average molecular weight is 466 g/mol. The van der Waals surface area contributed by atoms with Crippen molar-refractivity contribution in [3.8, 4) is 0 Å². The van der Waals surface area contributed by atoms with Gasteiger partial charge in [0.25, 0.3) is 0 Å². The summed E-state index contributed by atoms with van der Waals surface area (Å²) in [5.41, 5.74) is 2.23. The van der Waals surface area contributed by atoms with Crippen LogP contribution >= 0.6 is 11.5 Å². The molecule has 0 aliphatic carbocycles. The van der Waals surface area contributed by atoms with Gasteiger partial charge in [-0.1, -0.05) is 30.3 Å². The zero-order valence-corrected chi connectivity index (χ0v) is 20.9. The number of carbonyl (C=O) groups is 1. The van der Waals surface area contributed by atoms with Gasteiger partial charge in [0.2, 0.25) is 0 Å². The number of hydrogen-bond donors (Lipinski definition) is 1. The Morgan fingerprint density at radius 2 is 1.73 bits per heavy atom. The number of piperazine rings is 1. The zero-order valence-electron chi connectivity index (χ0n) is 20.1. The second-order valence-corrected chi connectivity index (χ2v) is 10.1. The molecule has 0 saturated carbocycles. The largest absolute Gasteiger partial charge is 0.353 e. The number of urea groups is 1. The normalized spacial score (nSPS) is 14.9. The summed E-state index contributed by atoms with van der Waals surface area (Å²) < 4.78 is 5.98. The lowest BCUT2D eigenvalue weighted by molar-refractivity contribution is 0.242. The Kier molecular flexibility index (Phi) is 7.50. The Bertz CT molecular complexity index is 1070. The molecule has 1 saturated heterocycles. The molecule has 2 aromatic carbocycles. The van der Waals surface area contributed by atoms with Crippen LogP contribution in [-0.4, -0.2) is 60.1 Å². The molecule has 1 aromatic heterocycles. The first-order chi connectivity index (χ1) is 15.9. The topological polar surface area (TPSA) is 51.7 Å². The van der Waals surface area contributed by atoms with Crippen LogP contribution in [0.5, 0.6) is 0 Å². The van der Waals surface area contributed by atoms with Crippen LogP contribution in [0.15, 0.2) is 48.5 Å². The predicted molar refractivity (Wildman–Crippen MR) is 140 cm³/mol. The molecule has 4 rings (SSSR count). The molecule has 2 amide bonds. The summed E-state index contributed by atoms with van der Waals surface area (Å²) in [6.07, 6.45) is 0.925. The molecule has 1 aliphatic rings. The lowest BCUT2D eigenvalue weighted by atomic mass is 10.1. The van der Waals surface area contributed by atoms with E-state index < -0.39 is 0 Å². The Labute approximate surface area is 201 Å². The van der Waals surface area contributed by atoms with Crippen molar-refractivity contribution in [2.45, 2.75) is 46.2 Å². The smallest absolute Gasteiger partial charge is 0.322 e. The summed E-state index contributed by atoms with van der Waals surface area (Å²) >= 11 is 1.59. The third-order valence-corrected chi connectivity index (χ3v) is 6.94. The maximum absolute atomic E-state index is 12.9. The van der Waals surface area contributed by atoms with Crippen LogP contribution < -0.4 is 15.1 Å². The van der Waals surface area contributed by atoms with E-state index in [-0.39, 0.29) is 18.1 Å². The van der Waals surface area contributed by atoms with Gasteiger partial charge in [0.15, 0.2) is 0 Å². The minimum Gasteiger partial charge on any atom is -0.353 e. The van der Waals surface area contributed by atoms with Gasteiger partial charge < -0.3 is 10.2 Å². The van der Waals surface area contributed by atoms with Gasteiger partial charge in [-0.3, -0.25) is 9.80 Å². The molecule has 7 heteroatoms. The number of para-hydroxylation sites is 1. The van der Waals surface area contributed by atoms with Crippen LogP contribution in [0.2, 0.25) is 0 Å². The monoisotopic (exact) mass is 465 g/mol. The summed E-state index contributed by atoms with van der Waals surface area (Å²) in [7, 11) is 0. The van der Waals surface area contributed by atoms with Crippen molar-refractivity contribution in [2.24, 2.45) is 0 Å². The molecular formula is C26H35N5OS. The first-order valence-electron chi connectivity index (χ1n) is 11.9. The van der Waals surface area contributed by atoms with Gasteiger partial charge in [-0.2, -0.15) is 4.37 Å². The van der Waals surface area contributed by atoms with E-state index >= 15 is 0 Å². The number of carbonyl (C=O) groups excluding carboxylic acids is 1. The summed E-state index contributed by atoms with van der Waals surface area (Å²) in [6, 6.07) is 17.0. The number of hydrogen-bond acceptors (Lipinski definition) is 5. The maximum Gasteiger partial charge on any atom is 0.322 e. The van der Waals surface area contributed by atoms with Crippen molar-refractivity contribution < 1.29 is 4.79 Å². The fraction of sp³-hybridized carbons (Fsp3) is 0.462. The molecule has 33 heavy (non-hydrogen) atoms. The summed E-state index contributed by atoms with van der Waals surface area (Å²) in [5, 5.41) is 4.31. The van der Waals surface area contributed by atoms with Crippen LogP contribution in [0, 0.1) is 0 Å². The molecule has 2 heterocycles. The fourth-order valence-corrected chi connectivity index (χ4v) is 5.25. The first-order valence-corrected chi connectivity index (χ1v) is 12.7. The predicted octanol–water partition coefficient (Wildman–Crippen LogP) is 4.99. The Morgan fingerprint density at radius 3 is 2.45 bits per heavy atom. The van der Waals surface area contributed by atoms with Crippen LogP contribution in [-0.2, 0) is 6.42 Å². The number of anilines is 2. The third kappa shape index (κ3) is 5.47. The highest BCUT2D eigenvalue weighted by Gasteiger charge is 2.24. The Balaban J connectivity index is 1.39. The second-order valence-electron chi connectivity index (χ2n) is 9.28. The van der Waals surface area contributed by atoms with Gasteiger partial charge in [-0.25, -0.2) is 4.79 Å². The van der Waals surface area contributed by atoms with Crippen LogP contribution in [0.25, 0.3) is 10.1 Å². The number of fused-ring (bicyclic) bond motifs is 1. The molecule has 3 aromatic rings. The van der Waals surface area contributed by atoms with Gasteiger partial charge in [0.05, 0.1) is 4.70 Å². The summed E-state index contributed by atoms with van der Waals surface area (Å²) in [4.78, 5) is 19.7. The minimum absolute atomic E-state index is 0.0310. The number of aromatic nitrogens is 1. The van der Waals surface area contributed by atoms with Crippen molar-refractivity contribution in [3.05, 3.63) is 54.1 Å².